The van der Waals surface area contributed by atoms with E-state index in [0.29, 0.717) is 6.42 Å². The van der Waals surface area contributed by atoms with E-state index >= 15 is 0 Å². The highest BCUT2D eigenvalue weighted by molar-refractivity contribution is 7.89. The number of carbonyl (C=O) groups excluding carboxylic acids is 1. The van der Waals surface area contributed by atoms with Gasteiger partial charge in [0, 0.05) is 19.8 Å². The van der Waals surface area contributed by atoms with E-state index in [1.165, 1.54) is 16.8 Å². The number of primary sulfonamides is 1. The highest BCUT2D eigenvalue weighted by atomic mass is 32.2. The Kier molecular flexibility index (Phi) is 4.39. The summed E-state index contributed by atoms with van der Waals surface area (Å²) in [6, 6.07) is 1.20. The second-order valence-electron chi connectivity index (χ2n) is 4.75. The van der Waals surface area contributed by atoms with E-state index in [2.05, 4.69) is 5.32 Å². The third-order valence-electron chi connectivity index (χ3n) is 2.93. The van der Waals surface area contributed by atoms with Gasteiger partial charge in [-0.15, -0.1) is 0 Å². The number of amides is 1. The minimum atomic E-state index is -3.84. The summed E-state index contributed by atoms with van der Waals surface area (Å²) in [5.74, 6) is -0.467. The van der Waals surface area contributed by atoms with Crippen LogP contribution in [0.25, 0.3) is 0 Å². The van der Waals surface area contributed by atoms with Gasteiger partial charge in [-0.25, -0.2) is 13.6 Å². The number of nitrogens with two attached hydrogens (primary N) is 1. The molecule has 7 nitrogen and oxygen atoms in total. The van der Waals surface area contributed by atoms with Gasteiger partial charge < -0.3 is 15.0 Å². The minimum absolute atomic E-state index is 0.0816. The topological polar surface area (TPSA) is 114 Å². The number of nitrogens with one attached hydrogen (secondary N) is 1. The smallest absolute Gasteiger partial charge is 0.268 e. The van der Waals surface area contributed by atoms with Crippen molar-refractivity contribution < 1.29 is 18.3 Å². The van der Waals surface area contributed by atoms with Crippen LogP contribution in [0.2, 0.25) is 0 Å². The summed E-state index contributed by atoms with van der Waals surface area (Å²) in [6.07, 6.45) is 1.76. The lowest BCUT2D eigenvalue weighted by Crippen LogP contribution is -2.40. The molecule has 1 aromatic rings. The molecule has 4 N–H and O–H groups in total. The first-order chi connectivity index (χ1) is 8.57. The summed E-state index contributed by atoms with van der Waals surface area (Å²) >= 11 is 0. The molecule has 0 aromatic carbocycles. The average molecular weight is 289 g/mol. The van der Waals surface area contributed by atoms with Gasteiger partial charge in [0.1, 0.15) is 10.6 Å². The molecule has 0 saturated heterocycles. The van der Waals surface area contributed by atoms with Crippen LogP contribution >= 0.6 is 0 Å². The zero-order chi connectivity index (χ0) is 14.8. The number of sulfonamides is 1. The fraction of sp³-hybridized carbons (Fsp3) is 0.545. The van der Waals surface area contributed by atoms with Gasteiger partial charge in [0.2, 0.25) is 10.0 Å². The molecule has 0 aliphatic heterocycles. The largest absolute Gasteiger partial charge is 0.388 e. The van der Waals surface area contributed by atoms with Crippen LogP contribution < -0.4 is 10.5 Å². The monoisotopic (exact) mass is 289 g/mol. The molecule has 0 bridgehead atoms. The van der Waals surface area contributed by atoms with E-state index in [9.17, 15) is 18.3 Å². The van der Waals surface area contributed by atoms with Crippen molar-refractivity contribution in [3.8, 4) is 0 Å². The van der Waals surface area contributed by atoms with E-state index in [0.717, 1.165) is 0 Å². The average Bonchev–Trinajstić information content (AvgIpc) is 2.68. The number of hydrogen-bond donors (Lipinski definition) is 3. The third kappa shape index (κ3) is 4.05. The Balaban J connectivity index is 2.87. The zero-order valence-corrected chi connectivity index (χ0v) is 12.0. The molecular weight excluding hydrogens is 270 g/mol. The van der Waals surface area contributed by atoms with Crippen LogP contribution in [0.15, 0.2) is 17.2 Å². The second-order valence-corrected chi connectivity index (χ2v) is 6.31. The number of aromatic nitrogens is 1. The fourth-order valence-corrected chi connectivity index (χ4v) is 1.98. The number of nitrogens with zero attached hydrogens (tertiary/aromatic N) is 1. The SMILES string of the molecule is CCC(C)(O)CNC(=O)c1cc(S(N)(=O)=O)cn1C. The van der Waals surface area contributed by atoms with Crippen molar-refractivity contribution in [1.29, 1.82) is 0 Å². The van der Waals surface area contributed by atoms with Crippen LogP contribution in [0, 0.1) is 0 Å². The second kappa shape index (κ2) is 5.32. The maximum absolute atomic E-state index is 11.9. The number of aryl methyl sites for hydroxylation is 1. The van der Waals surface area contributed by atoms with E-state index in [-0.39, 0.29) is 17.1 Å². The lowest BCUT2D eigenvalue weighted by atomic mass is 10.0. The molecule has 1 heterocycles. The first kappa shape index (κ1) is 15.7. The highest BCUT2D eigenvalue weighted by Gasteiger charge is 2.21. The molecular formula is C11H19N3O4S. The molecule has 0 spiro atoms. The first-order valence-corrected chi connectivity index (χ1v) is 7.31. The Morgan fingerprint density at radius 2 is 2.16 bits per heavy atom. The van der Waals surface area contributed by atoms with Crippen LogP contribution in [-0.2, 0) is 17.1 Å². The molecule has 0 fully saturated rings. The predicted octanol–water partition coefficient (Wildman–Crippen LogP) is -0.437. The van der Waals surface area contributed by atoms with Gasteiger partial charge in [0.25, 0.3) is 5.91 Å². The summed E-state index contributed by atoms with van der Waals surface area (Å²) in [5, 5.41) is 17.3. The number of carbonyl (C=O) groups is 1. The van der Waals surface area contributed by atoms with Gasteiger partial charge in [-0.1, -0.05) is 6.92 Å². The summed E-state index contributed by atoms with van der Waals surface area (Å²) in [5.41, 5.74) is -0.834. The third-order valence-corrected chi connectivity index (χ3v) is 3.81. The maximum atomic E-state index is 11.9. The molecule has 1 amide bonds. The molecule has 0 aliphatic carbocycles. The van der Waals surface area contributed by atoms with Crippen LogP contribution in [0.1, 0.15) is 30.8 Å². The Labute approximate surface area is 112 Å². The summed E-state index contributed by atoms with van der Waals surface area (Å²) in [6.45, 7) is 3.49. The normalized spacial score (nSPS) is 15.0. The van der Waals surface area contributed by atoms with Gasteiger partial charge in [0.05, 0.1) is 5.60 Å². The van der Waals surface area contributed by atoms with Crippen molar-refractivity contribution in [2.24, 2.45) is 12.2 Å². The molecule has 1 unspecified atom stereocenters. The Hall–Kier alpha value is -1.38. The number of hydrogen-bond acceptors (Lipinski definition) is 4. The molecule has 1 aromatic heterocycles. The number of aliphatic hydroxyl groups is 1. The summed E-state index contributed by atoms with van der Waals surface area (Å²) in [7, 11) is -2.29. The summed E-state index contributed by atoms with van der Waals surface area (Å²) in [4.78, 5) is 11.8. The quantitative estimate of drug-likeness (QED) is 0.682. The predicted molar refractivity (Wildman–Crippen MR) is 70.0 cm³/mol. The summed E-state index contributed by atoms with van der Waals surface area (Å²) < 4.78 is 23.7. The van der Waals surface area contributed by atoms with Gasteiger partial charge in [0.15, 0.2) is 0 Å². The fourth-order valence-electron chi connectivity index (χ4n) is 1.40. The van der Waals surface area contributed by atoms with Gasteiger partial charge >= 0.3 is 0 Å². The Morgan fingerprint density at radius 3 is 2.58 bits per heavy atom. The zero-order valence-electron chi connectivity index (χ0n) is 11.2. The highest BCUT2D eigenvalue weighted by Crippen LogP contribution is 2.12. The Morgan fingerprint density at radius 1 is 1.58 bits per heavy atom. The Bertz CT molecular complexity index is 575. The van der Waals surface area contributed by atoms with E-state index in [1.54, 1.807) is 20.9 Å². The standard InChI is InChI=1S/C11H19N3O4S/c1-4-11(2,16)7-13-10(15)9-5-8(6-14(9)3)19(12,17)18/h5-6,16H,4,7H2,1-3H3,(H,13,15)(H2,12,17,18). The van der Waals surface area contributed by atoms with Gasteiger partial charge in [-0.2, -0.15) is 0 Å². The van der Waals surface area contributed by atoms with Crippen molar-refractivity contribution in [2.75, 3.05) is 6.54 Å². The van der Waals surface area contributed by atoms with Gasteiger partial charge in [-0.05, 0) is 19.4 Å². The van der Waals surface area contributed by atoms with Crippen LogP contribution in [0.3, 0.4) is 0 Å². The van der Waals surface area contributed by atoms with Crippen molar-refractivity contribution >= 4 is 15.9 Å². The molecule has 0 saturated carbocycles. The molecule has 19 heavy (non-hydrogen) atoms. The molecule has 0 aliphatic rings. The molecule has 0 radical (unpaired) electrons. The molecule has 1 atom stereocenters. The molecule has 108 valence electrons. The number of rotatable bonds is 5. The van der Waals surface area contributed by atoms with Gasteiger partial charge in [-0.3, -0.25) is 4.79 Å². The van der Waals surface area contributed by atoms with Crippen LogP contribution in [0.4, 0.5) is 0 Å². The first-order valence-electron chi connectivity index (χ1n) is 5.76. The van der Waals surface area contributed by atoms with Crippen molar-refractivity contribution in [1.82, 2.24) is 9.88 Å². The van der Waals surface area contributed by atoms with Crippen molar-refractivity contribution in [3.63, 3.8) is 0 Å². The lowest BCUT2D eigenvalue weighted by molar-refractivity contribution is 0.0516. The maximum Gasteiger partial charge on any atom is 0.268 e. The lowest BCUT2D eigenvalue weighted by Gasteiger charge is -2.21. The van der Waals surface area contributed by atoms with Crippen LogP contribution in [0.5, 0.6) is 0 Å². The van der Waals surface area contributed by atoms with Crippen LogP contribution in [-0.4, -0.2) is 36.1 Å². The van der Waals surface area contributed by atoms with E-state index in [4.69, 9.17) is 5.14 Å². The van der Waals surface area contributed by atoms with E-state index in [1.807, 2.05) is 0 Å². The van der Waals surface area contributed by atoms with Crippen molar-refractivity contribution in [3.05, 3.63) is 18.0 Å². The van der Waals surface area contributed by atoms with Crippen molar-refractivity contribution in [2.45, 2.75) is 30.8 Å². The van der Waals surface area contributed by atoms with E-state index < -0.39 is 21.5 Å². The molecule has 8 heteroatoms. The minimum Gasteiger partial charge on any atom is -0.388 e. The molecule has 1 rings (SSSR count).